The molecule has 0 amide bonds. The van der Waals surface area contributed by atoms with E-state index >= 15 is 0 Å². The fourth-order valence-corrected chi connectivity index (χ4v) is 1.59. The topological polar surface area (TPSA) is 9.23 Å². The Bertz CT molecular complexity index is 268. The first-order chi connectivity index (χ1) is 5.25. The van der Waals surface area contributed by atoms with Crippen molar-refractivity contribution in [1.29, 1.82) is 0 Å². The van der Waals surface area contributed by atoms with Crippen molar-refractivity contribution < 1.29 is 4.74 Å². The van der Waals surface area contributed by atoms with E-state index < -0.39 is 0 Å². The van der Waals surface area contributed by atoms with Gasteiger partial charge in [-0.25, -0.2) is 0 Å². The fraction of sp³-hybridized carbons (Fsp3) is 0.111. The van der Waals surface area contributed by atoms with E-state index in [2.05, 4.69) is 6.58 Å². The Kier molecular flexibility index (Phi) is 3.00. The molecule has 11 heavy (non-hydrogen) atoms. The molecular weight excluding hydrogens is 243 g/mol. The van der Waals surface area contributed by atoms with Crippen LogP contribution in [0.15, 0.2) is 30.8 Å². The summed E-state index contributed by atoms with van der Waals surface area (Å²) in [4.78, 5) is 0. The van der Waals surface area contributed by atoms with Crippen LogP contribution in [0.5, 0.6) is 5.75 Å². The van der Waals surface area contributed by atoms with E-state index in [1.54, 1.807) is 7.11 Å². The third kappa shape index (κ3) is 1.99. The summed E-state index contributed by atoms with van der Waals surface area (Å²) < 4.78 is 6.33. The second-order valence-electron chi connectivity index (χ2n) is 2.23. The molecule has 1 rings (SSSR count). The van der Waals surface area contributed by atoms with Crippen LogP contribution in [0.25, 0.3) is 3.59 Å². The van der Waals surface area contributed by atoms with Crippen molar-refractivity contribution >= 4 is 26.1 Å². The molecule has 0 aliphatic rings. The van der Waals surface area contributed by atoms with Gasteiger partial charge < -0.3 is 0 Å². The third-order valence-electron chi connectivity index (χ3n) is 1.45. The number of hydrogen-bond donors (Lipinski definition) is 0. The second kappa shape index (κ2) is 3.81. The van der Waals surface area contributed by atoms with Crippen molar-refractivity contribution in [3.8, 4) is 5.75 Å². The molecule has 0 unspecified atom stereocenters. The molecule has 0 saturated carbocycles. The fourth-order valence-electron chi connectivity index (χ4n) is 0.910. The number of benzene rings is 1. The minimum absolute atomic E-state index is 0.921. The number of hydrogen-bond acceptors (Lipinski definition) is 1. The maximum absolute atomic E-state index is 5.17. The van der Waals surface area contributed by atoms with Crippen molar-refractivity contribution in [2.45, 2.75) is 0 Å². The van der Waals surface area contributed by atoms with E-state index in [1.165, 1.54) is 0 Å². The monoisotopic (exact) mass is 254 g/mol. The maximum atomic E-state index is 5.17. The molecule has 0 saturated heterocycles. The summed E-state index contributed by atoms with van der Waals surface area (Å²) >= 11 is 1.05. The molecule has 0 aliphatic carbocycles. The SMILES string of the molecule is C=[C]([SnH])c1ccccc1OC. The standard InChI is InChI=1S/C9H9O.Sn.H/c1-3-8-6-4-5-7-9(8)10-2;;/h4-7H,1H2,2H3;;. The molecule has 0 heterocycles. The van der Waals surface area contributed by atoms with Crippen LogP contribution in [0, 0.1) is 0 Å². The first-order valence-corrected chi connectivity index (χ1v) is 4.98. The van der Waals surface area contributed by atoms with E-state index in [9.17, 15) is 0 Å². The van der Waals surface area contributed by atoms with Gasteiger partial charge in [0.1, 0.15) is 0 Å². The minimum atomic E-state index is 0.921. The number of para-hydroxylation sites is 1. The van der Waals surface area contributed by atoms with Gasteiger partial charge in [-0.2, -0.15) is 0 Å². The molecule has 0 N–H and O–H groups in total. The summed E-state index contributed by atoms with van der Waals surface area (Å²) in [6.45, 7) is 3.91. The van der Waals surface area contributed by atoms with Crippen LogP contribution in [0.3, 0.4) is 0 Å². The quantitative estimate of drug-likeness (QED) is 0.727. The molecule has 0 fully saturated rings. The van der Waals surface area contributed by atoms with Crippen LogP contribution in [-0.2, 0) is 0 Å². The molecule has 1 aromatic rings. The summed E-state index contributed by atoms with van der Waals surface area (Å²) in [5.41, 5.74) is 1.14. The molecule has 1 aromatic carbocycles. The summed E-state index contributed by atoms with van der Waals surface area (Å²) in [6.07, 6.45) is 0. The Morgan fingerprint density at radius 2 is 2.09 bits per heavy atom. The zero-order valence-electron chi connectivity index (χ0n) is 6.50. The summed E-state index contributed by atoms with van der Waals surface area (Å²) in [6, 6.07) is 7.95. The van der Waals surface area contributed by atoms with Gasteiger partial charge in [0.2, 0.25) is 0 Å². The van der Waals surface area contributed by atoms with Crippen LogP contribution in [0.2, 0.25) is 0 Å². The van der Waals surface area contributed by atoms with Crippen molar-refractivity contribution in [1.82, 2.24) is 0 Å². The van der Waals surface area contributed by atoms with Gasteiger partial charge in [0, 0.05) is 0 Å². The molecule has 0 bridgehead atoms. The molecule has 1 nitrogen and oxygen atoms in total. The van der Waals surface area contributed by atoms with Gasteiger partial charge in [-0.3, -0.25) is 0 Å². The van der Waals surface area contributed by atoms with Gasteiger partial charge >= 0.3 is 80.1 Å². The number of rotatable bonds is 2. The van der Waals surface area contributed by atoms with E-state index in [-0.39, 0.29) is 0 Å². The van der Waals surface area contributed by atoms with Gasteiger partial charge in [0.15, 0.2) is 0 Å². The van der Waals surface area contributed by atoms with Crippen molar-refractivity contribution in [2.24, 2.45) is 0 Å². The molecule has 56 valence electrons. The molecule has 0 aliphatic heterocycles. The van der Waals surface area contributed by atoms with Crippen molar-refractivity contribution in [3.63, 3.8) is 0 Å². The van der Waals surface area contributed by atoms with Crippen molar-refractivity contribution in [3.05, 3.63) is 36.4 Å². The number of ether oxygens (including phenoxy) is 1. The average molecular weight is 253 g/mol. The molecule has 0 aromatic heterocycles. The van der Waals surface area contributed by atoms with Gasteiger partial charge in [-0.05, 0) is 0 Å². The first kappa shape index (κ1) is 8.65. The van der Waals surface area contributed by atoms with Gasteiger partial charge in [0.25, 0.3) is 0 Å². The average Bonchev–Trinajstić information content (AvgIpc) is 2.04. The van der Waals surface area contributed by atoms with Gasteiger partial charge in [0.05, 0.1) is 0 Å². The predicted octanol–water partition coefficient (Wildman–Crippen LogP) is 1.57. The summed E-state index contributed by atoms with van der Waals surface area (Å²) in [7, 11) is 1.68. The Morgan fingerprint density at radius 1 is 1.45 bits per heavy atom. The molecule has 0 spiro atoms. The van der Waals surface area contributed by atoms with Gasteiger partial charge in [-0.15, -0.1) is 0 Å². The summed E-state index contributed by atoms with van der Waals surface area (Å²) in [5.74, 6) is 0.921. The van der Waals surface area contributed by atoms with E-state index in [0.717, 1.165) is 37.4 Å². The van der Waals surface area contributed by atoms with E-state index in [4.69, 9.17) is 4.74 Å². The predicted molar refractivity (Wildman–Crippen MR) is 49.2 cm³/mol. The van der Waals surface area contributed by atoms with Crippen LogP contribution < -0.4 is 4.74 Å². The Hall–Kier alpha value is -0.441. The zero-order chi connectivity index (χ0) is 8.27. The van der Waals surface area contributed by atoms with Crippen LogP contribution in [-0.4, -0.2) is 29.6 Å². The Morgan fingerprint density at radius 3 is 2.55 bits per heavy atom. The molecule has 2 heteroatoms. The van der Waals surface area contributed by atoms with E-state index in [0.29, 0.717) is 0 Å². The third-order valence-corrected chi connectivity index (χ3v) is 2.34. The Balaban J connectivity index is 3.12. The molecular formula is C9H10OSn. The zero-order valence-corrected chi connectivity index (χ0v) is 9.80. The van der Waals surface area contributed by atoms with Gasteiger partial charge in [-0.1, -0.05) is 0 Å². The van der Waals surface area contributed by atoms with Crippen LogP contribution in [0.4, 0.5) is 0 Å². The summed E-state index contributed by atoms with van der Waals surface area (Å²) in [5, 5.41) is 0. The van der Waals surface area contributed by atoms with Crippen LogP contribution in [0.1, 0.15) is 5.56 Å². The second-order valence-corrected chi connectivity index (χ2v) is 4.21. The van der Waals surface area contributed by atoms with E-state index in [1.807, 2.05) is 24.3 Å². The number of methoxy groups -OCH3 is 1. The van der Waals surface area contributed by atoms with Crippen LogP contribution >= 0.6 is 0 Å². The first-order valence-electron chi connectivity index (χ1n) is 3.33. The molecule has 0 atom stereocenters. The van der Waals surface area contributed by atoms with Crippen molar-refractivity contribution in [2.75, 3.05) is 7.11 Å². The molecule has 2 radical (unpaired) electrons. The Labute approximate surface area is 80.2 Å². The normalized spacial score (nSPS) is 9.27.